The molecule has 0 aliphatic rings. The second-order valence-corrected chi connectivity index (χ2v) is 3.90. The Labute approximate surface area is 102 Å². The Hall–Kier alpha value is -1.91. The maximum atomic E-state index is 12.6. The molecule has 0 unspecified atom stereocenters. The molecule has 5 heteroatoms. The number of allylic oxidation sites excluding steroid dienone is 1. The number of hydrogen-bond acceptors (Lipinski definition) is 2. The SMILES string of the molecule is C/C=C/c1nc2cc(C(F)(F)F)ccc2nc1C. The largest absolute Gasteiger partial charge is 0.416 e. The van der Waals surface area contributed by atoms with Gasteiger partial charge in [0, 0.05) is 0 Å². The predicted molar refractivity (Wildman–Crippen MR) is 64.0 cm³/mol. The van der Waals surface area contributed by atoms with Gasteiger partial charge < -0.3 is 0 Å². The van der Waals surface area contributed by atoms with Crippen LogP contribution in [0.1, 0.15) is 23.9 Å². The number of aryl methyl sites for hydroxylation is 1. The third kappa shape index (κ3) is 2.34. The van der Waals surface area contributed by atoms with E-state index in [1.807, 2.05) is 6.92 Å². The molecule has 1 aromatic carbocycles. The monoisotopic (exact) mass is 252 g/mol. The molecule has 0 radical (unpaired) electrons. The summed E-state index contributed by atoms with van der Waals surface area (Å²) in [6.07, 6.45) is -0.861. The number of fused-ring (bicyclic) bond motifs is 1. The van der Waals surface area contributed by atoms with Gasteiger partial charge in [-0.15, -0.1) is 0 Å². The van der Waals surface area contributed by atoms with Gasteiger partial charge in [0.2, 0.25) is 0 Å². The van der Waals surface area contributed by atoms with Gasteiger partial charge in [0.05, 0.1) is 28.0 Å². The van der Waals surface area contributed by atoms with Crippen molar-refractivity contribution in [3.63, 3.8) is 0 Å². The smallest absolute Gasteiger partial charge is 0.249 e. The van der Waals surface area contributed by atoms with E-state index in [4.69, 9.17) is 0 Å². The van der Waals surface area contributed by atoms with Crippen LogP contribution in [0, 0.1) is 6.92 Å². The van der Waals surface area contributed by atoms with Crippen molar-refractivity contribution in [2.45, 2.75) is 20.0 Å². The van der Waals surface area contributed by atoms with Crippen molar-refractivity contribution in [3.8, 4) is 0 Å². The molecule has 0 saturated carbocycles. The van der Waals surface area contributed by atoms with Crippen LogP contribution in [-0.4, -0.2) is 9.97 Å². The lowest BCUT2D eigenvalue weighted by atomic mass is 10.1. The van der Waals surface area contributed by atoms with E-state index >= 15 is 0 Å². The van der Waals surface area contributed by atoms with Crippen LogP contribution in [0.15, 0.2) is 24.3 Å². The second-order valence-electron chi connectivity index (χ2n) is 3.90. The first-order chi connectivity index (χ1) is 8.41. The van der Waals surface area contributed by atoms with Crippen LogP contribution in [0.3, 0.4) is 0 Å². The highest BCUT2D eigenvalue weighted by Crippen LogP contribution is 2.30. The van der Waals surface area contributed by atoms with E-state index in [0.29, 0.717) is 16.9 Å². The summed E-state index contributed by atoms with van der Waals surface area (Å²) in [5.74, 6) is 0. The van der Waals surface area contributed by atoms with Crippen molar-refractivity contribution in [1.29, 1.82) is 0 Å². The zero-order valence-electron chi connectivity index (χ0n) is 9.92. The molecule has 0 N–H and O–H groups in total. The molecule has 0 aliphatic heterocycles. The first-order valence-electron chi connectivity index (χ1n) is 5.40. The van der Waals surface area contributed by atoms with Crippen LogP contribution in [0.5, 0.6) is 0 Å². The minimum Gasteiger partial charge on any atom is -0.249 e. The van der Waals surface area contributed by atoms with Gasteiger partial charge in [-0.05, 0) is 38.1 Å². The summed E-state index contributed by atoms with van der Waals surface area (Å²) in [7, 11) is 0. The number of hydrogen-bond donors (Lipinski definition) is 0. The fraction of sp³-hybridized carbons (Fsp3) is 0.231. The van der Waals surface area contributed by atoms with E-state index in [-0.39, 0.29) is 5.52 Å². The lowest BCUT2D eigenvalue weighted by Gasteiger charge is -2.08. The molecule has 94 valence electrons. The zero-order valence-corrected chi connectivity index (χ0v) is 9.92. The van der Waals surface area contributed by atoms with E-state index in [9.17, 15) is 13.2 Å². The average Bonchev–Trinajstić information content (AvgIpc) is 2.28. The number of rotatable bonds is 1. The quantitative estimate of drug-likeness (QED) is 0.766. The Morgan fingerprint density at radius 2 is 1.83 bits per heavy atom. The zero-order chi connectivity index (χ0) is 13.3. The minimum absolute atomic E-state index is 0.253. The topological polar surface area (TPSA) is 25.8 Å². The van der Waals surface area contributed by atoms with Gasteiger partial charge >= 0.3 is 6.18 Å². The average molecular weight is 252 g/mol. The summed E-state index contributed by atoms with van der Waals surface area (Å²) in [6.45, 7) is 3.59. The molecule has 2 rings (SSSR count). The van der Waals surface area contributed by atoms with Gasteiger partial charge in [0.1, 0.15) is 0 Å². The first-order valence-corrected chi connectivity index (χ1v) is 5.40. The molecule has 2 nitrogen and oxygen atoms in total. The number of alkyl halides is 3. The molecule has 1 aromatic heterocycles. The summed E-state index contributed by atoms with van der Waals surface area (Å²) < 4.78 is 37.7. The fourth-order valence-corrected chi connectivity index (χ4v) is 1.65. The fourth-order valence-electron chi connectivity index (χ4n) is 1.65. The molecule has 0 spiro atoms. The number of nitrogens with zero attached hydrogens (tertiary/aromatic N) is 2. The summed E-state index contributed by atoms with van der Waals surface area (Å²) in [5, 5.41) is 0. The number of benzene rings is 1. The van der Waals surface area contributed by atoms with E-state index in [1.165, 1.54) is 6.07 Å². The first kappa shape index (κ1) is 12.5. The van der Waals surface area contributed by atoms with Crippen LogP contribution in [-0.2, 0) is 6.18 Å². The standard InChI is InChI=1S/C13H11F3N2/c1-3-4-10-8(2)17-11-6-5-9(13(14,15)16)7-12(11)18-10/h3-7H,1-2H3/b4-3+. The molecule has 0 amide bonds. The Bertz CT molecular complexity index is 615. The third-order valence-electron chi connectivity index (χ3n) is 2.53. The summed E-state index contributed by atoms with van der Waals surface area (Å²) in [6, 6.07) is 3.39. The third-order valence-corrected chi connectivity index (χ3v) is 2.53. The Morgan fingerprint density at radius 3 is 2.44 bits per heavy atom. The lowest BCUT2D eigenvalue weighted by Crippen LogP contribution is -2.05. The second kappa shape index (κ2) is 4.40. The Kier molecular flexibility index (Phi) is 3.07. The van der Waals surface area contributed by atoms with Crippen molar-refractivity contribution < 1.29 is 13.2 Å². The van der Waals surface area contributed by atoms with Crippen LogP contribution in [0.4, 0.5) is 13.2 Å². The van der Waals surface area contributed by atoms with Crippen LogP contribution in [0.2, 0.25) is 0 Å². The van der Waals surface area contributed by atoms with E-state index < -0.39 is 11.7 Å². The molecule has 0 aliphatic carbocycles. The summed E-state index contributed by atoms with van der Waals surface area (Å²) in [4.78, 5) is 8.43. The maximum Gasteiger partial charge on any atom is 0.416 e. The van der Waals surface area contributed by atoms with E-state index in [2.05, 4.69) is 9.97 Å². The van der Waals surface area contributed by atoms with Gasteiger partial charge in [-0.25, -0.2) is 9.97 Å². The number of halogens is 3. The molecule has 0 fully saturated rings. The Balaban J connectivity index is 2.65. The molecular formula is C13H11F3N2. The van der Waals surface area contributed by atoms with Crippen LogP contribution < -0.4 is 0 Å². The van der Waals surface area contributed by atoms with Gasteiger partial charge in [-0.2, -0.15) is 13.2 Å². The van der Waals surface area contributed by atoms with Gasteiger partial charge in [0.25, 0.3) is 0 Å². The molecule has 0 saturated heterocycles. The molecular weight excluding hydrogens is 241 g/mol. The van der Waals surface area contributed by atoms with E-state index in [1.54, 1.807) is 19.1 Å². The molecule has 18 heavy (non-hydrogen) atoms. The van der Waals surface area contributed by atoms with Crippen LogP contribution in [0.25, 0.3) is 17.1 Å². The van der Waals surface area contributed by atoms with Crippen LogP contribution >= 0.6 is 0 Å². The van der Waals surface area contributed by atoms with Crippen molar-refractivity contribution in [1.82, 2.24) is 9.97 Å². The van der Waals surface area contributed by atoms with Crippen molar-refractivity contribution >= 4 is 17.1 Å². The van der Waals surface area contributed by atoms with Gasteiger partial charge in [-0.3, -0.25) is 0 Å². The molecule has 2 aromatic rings. The minimum atomic E-state index is -4.36. The highest BCUT2D eigenvalue weighted by atomic mass is 19.4. The normalized spacial score (nSPS) is 12.5. The van der Waals surface area contributed by atoms with E-state index in [0.717, 1.165) is 12.1 Å². The highest BCUT2D eigenvalue weighted by Gasteiger charge is 2.30. The maximum absolute atomic E-state index is 12.6. The molecule has 0 bridgehead atoms. The number of aromatic nitrogens is 2. The van der Waals surface area contributed by atoms with Crippen molar-refractivity contribution in [3.05, 3.63) is 41.2 Å². The van der Waals surface area contributed by atoms with Crippen molar-refractivity contribution in [2.24, 2.45) is 0 Å². The highest BCUT2D eigenvalue weighted by molar-refractivity contribution is 5.76. The lowest BCUT2D eigenvalue weighted by molar-refractivity contribution is -0.137. The summed E-state index contributed by atoms with van der Waals surface area (Å²) in [5.41, 5.74) is 1.29. The Morgan fingerprint density at radius 1 is 1.11 bits per heavy atom. The summed E-state index contributed by atoms with van der Waals surface area (Å²) >= 11 is 0. The van der Waals surface area contributed by atoms with Crippen molar-refractivity contribution in [2.75, 3.05) is 0 Å². The molecule has 0 atom stereocenters. The molecule has 1 heterocycles. The van der Waals surface area contributed by atoms with Gasteiger partial charge in [-0.1, -0.05) is 6.08 Å². The predicted octanol–water partition coefficient (Wildman–Crippen LogP) is 3.99. The van der Waals surface area contributed by atoms with Gasteiger partial charge in [0.15, 0.2) is 0 Å².